The highest BCUT2D eigenvalue weighted by molar-refractivity contribution is 5.96. The highest BCUT2D eigenvalue weighted by atomic mass is 19.3. The Hall–Kier alpha value is -2.88. The van der Waals surface area contributed by atoms with Crippen LogP contribution in [0.25, 0.3) is 0 Å². The predicted octanol–water partition coefficient (Wildman–Crippen LogP) is 2.39. The van der Waals surface area contributed by atoms with E-state index in [-0.39, 0.29) is 23.8 Å². The third-order valence-electron chi connectivity index (χ3n) is 4.37. The molecule has 0 aliphatic heterocycles. The standard InChI is InChI=1S/C17H19F3N6O/c18-9-3-1-4-10(7-9)24-16-13(15(22)27)23-8-12(26-16)25-11-5-2-6-17(19,20)14(11)21/h1,3-4,7-8,11,14H,2,5-6,21H2,(H2,22,27)(H2,24,25,26). The summed E-state index contributed by atoms with van der Waals surface area (Å²) in [6.07, 6.45) is 1.73. The van der Waals surface area contributed by atoms with Crippen molar-refractivity contribution in [2.24, 2.45) is 11.5 Å². The number of aromatic nitrogens is 2. The zero-order chi connectivity index (χ0) is 19.6. The van der Waals surface area contributed by atoms with E-state index in [9.17, 15) is 18.0 Å². The molecule has 1 saturated carbocycles. The average Bonchev–Trinajstić information content (AvgIpc) is 2.59. The van der Waals surface area contributed by atoms with Crippen molar-refractivity contribution in [3.8, 4) is 0 Å². The second kappa shape index (κ2) is 7.39. The summed E-state index contributed by atoms with van der Waals surface area (Å²) >= 11 is 0. The topological polar surface area (TPSA) is 119 Å². The van der Waals surface area contributed by atoms with Gasteiger partial charge in [0.05, 0.1) is 12.2 Å². The van der Waals surface area contributed by atoms with Crippen molar-refractivity contribution in [2.45, 2.75) is 37.3 Å². The maximum Gasteiger partial charge on any atom is 0.271 e. The zero-order valence-corrected chi connectivity index (χ0v) is 14.3. The van der Waals surface area contributed by atoms with E-state index in [1.54, 1.807) is 6.07 Å². The van der Waals surface area contributed by atoms with E-state index < -0.39 is 29.7 Å². The fourth-order valence-corrected chi connectivity index (χ4v) is 2.98. The van der Waals surface area contributed by atoms with E-state index in [0.29, 0.717) is 18.5 Å². The predicted molar refractivity (Wildman–Crippen MR) is 94.4 cm³/mol. The fourth-order valence-electron chi connectivity index (χ4n) is 2.98. The third-order valence-corrected chi connectivity index (χ3v) is 4.37. The summed E-state index contributed by atoms with van der Waals surface area (Å²) in [6, 6.07) is 3.42. The van der Waals surface area contributed by atoms with Crippen LogP contribution in [0.4, 0.5) is 30.5 Å². The van der Waals surface area contributed by atoms with Crippen molar-refractivity contribution in [1.29, 1.82) is 0 Å². The number of nitrogens with one attached hydrogen (secondary N) is 2. The number of anilines is 3. The molecule has 6 N–H and O–H groups in total. The monoisotopic (exact) mass is 380 g/mol. The summed E-state index contributed by atoms with van der Waals surface area (Å²) < 4.78 is 41.0. The molecule has 1 amide bonds. The molecule has 0 spiro atoms. The number of halogens is 3. The van der Waals surface area contributed by atoms with Crippen molar-refractivity contribution >= 4 is 23.2 Å². The Morgan fingerprint density at radius 2 is 2.11 bits per heavy atom. The molecule has 1 aliphatic carbocycles. The molecule has 7 nitrogen and oxygen atoms in total. The average molecular weight is 380 g/mol. The second-order valence-corrected chi connectivity index (χ2v) is 6.38. The lowest BCUT2D eigenvalue weighted by molar-refractivity contribution is -0.0554. The number of nitrogens with zero attached hydrogens (tertiary/aromatic N) is 2. The van der Waals surface area contributed by atoms with Crippen LogP contribution in [0.5, 0.6) is 0 Å². The summed E-state index contributed by atoms with van der Waals surface area (Å²) in [7, 11) is 0. The van der Waals surface area contributed by atoms with Gasteiger partial charge in [0, 0.05) is 18.2 Å². The summed E-state index contributed by atoms with van der Waals surface area (Å²) in [6.45, 7) is 0. The smallest absolute Gasteiger partial charge is 0.271 e. The minimum atomic E-state index is -2.97. The van der Waals surface area contributed by atoms with Crippen molar-refractivity contribution in [2.75, 3.05) is 10.6 Å². The van der Waals surface area contributed by atoms with E-state index in [2.05, 4.69) is 20.6 Å². The largest absolute Gasteiger partial charge is 0.364 e. The van der Waals surface area contributed by atoms with Gasteiger partial charge in [-0.3, -0.25) is 4.79 Å². The minimum Gasteiger partial charge on any atom is -0.364 e. The Labute approximate surface area is 153 Å². The molecule has 0 saturated heterocycles. The van der Waals surface area contributed by atoms with E-state index in [1.807, 2.05) is 0 Å². The van der Waals surface area contributed by atoms with Gasteiger partial charge in [0.15, 0.2) is 11.5 Å². The normalized spacial score (nSPS) is 21.5. The SMILES string of the molecule is NC(=O)c1ncc(NC2CCCC(F)(F)C2N)nc1Nc1cccc(F)c1. The van der Waals surface area contributed by atoms with E-state index >= 15 is 0 Å². The molecule has 0 bridgehead atoms. The lowest BCUT2D eigenvalue weighted by atomic mass is 9.87. The summed E-state index contributed by atoms with van der Waals surface area (Å²) in [4.78, 5) is 19.7. The number of benzene rings is 1. The molecule has 1 fully saturated rings. The molecular formula is C17H19F3N6O. The van der Waals surface area contributed by atoms with Gasteiger partial charge in [0.2, 0.25) is 0 Å². The molecule has 1 heterocycles. The van der Waals surface area contributed by atoms with Crippen LogP contribution in [-0.4, -0.2) is 33.9 Å². The van der Waals surface area contributed by atoms with Gasteiger partial charge in [-0.1, -0.05) is 6.07 Å². The number of amides is 1. The van der Waals surface area contributed by atoms with Crippen LogP contribution in [0.1, 0.15) is 29.8 Å². The van der Waals surface area contributed by atoms with Gasteiger partial charge < -0.3 is 22.1 Å². The molecule has 1 aromatic heterocycles. The Morgan fingerprint density at radius 3 is 2.81 bits per heavy atom. The first-order chi connectivity index (χ1) is 12.8. The minimum absolute atomic E-state index is 0.0192. The molecule has 2 atom stereocenters. The maximum atomic E-state index is 13.8. The van der Waals surface area contributed by atoms with Gasteiger partial charge >= 0.3 is 0 Å². The highest BCUT2D eigenvalue weighted by Crippen LogP contribution is 2.33. The molecule has 27 heavy (non-hydrogen) atoms. The summed E-state index contributed by atoms with van der Waals surface area (Å²) in [5.74, 6) is -4.17. The molecule has 3 rings (SSSR count). The fraction of sp³-hybridized carbons (Fsp3) is 0.353. The van der Waals surface area contributed by atoms with Crippen LogP contribution in [0.2, 0.25) is 0 Å². The maximum absolute atomic E-state index is 13.8. The Morgan fingerprint density at radius 1 is 1.33 bits per heavy atom. The van der Waals surface area contributed by atoms with Gasteiger partial charge in [-0.25, -0.2) is 23.1 Å². The number of hydrogen-bond acceptors (Lipinski definition) is 6. The molecule has 0 radical (unpaired) electrons. The number of carbonyl (C=O) groups is 1. The first-order valence-corrected chi connectivity index (χ1v) is 8.35. The molecular weight excluding hydrogens is 361 g/mol. The van der Waals surface area contributed by atoms with E-state index in [0.717, 1.165) is 0 Å². The van der Waals surface area contributed by atoms with Crippen molar-refractivity contribution < 1.29 is 18.0 Å². The number of hydrogen-bond donors (Lipinski definition) is 4. The van der Waals surface area contributed by atoms with Crippen LogP contribution in [0.15, 0.2) is 30.5 Å². The number of nitrogens with two attached hydrogens (primary N) is 2. The lowest BCUT2D eigenvalue weighted by Crippen LogP contribution is -2.55. The van der Waals surface area contributed by atoms with Gasteiger partial charge in [0.1, 0.15) is 11.6 Å². The lowest BCUT2D eigenvalue weighted by Gasteiger charge is -2.36. The first kappa shape index (κ1) is 18.9. The van der Waals surface area contributed by atoms with Crippen LogP contribution >= 0.6 is 0 Å². The Bertz CT molecular complexity index is 847. The zero-order valence-electron chi connectivity index (χ0n) is 14.3. The molecule has 2 aromatic rings. The number of alkyl halides is 2. The van der Waals surface area contributed by atoms with Gasteiger partial charge in [0.25, 0.3) is 11.8 Å². The number of primary amides is 1. The first-order valence-electron chi connectivity index (χ1n) is 8.35. The molecule has 1 aliphatic rings. The second-order valence-electron chi connectivity index (χ2n) is 6.38. The highest BCUT2D eigenvalue weighted by Gasteiger charge is 2.44. The number of rotatable bonds is 5. The quantitative estimate of drug-likeness (QED) is 0.632. The van der Waals surface area contributed by atoms with Gasteiger partial charge in [-0.05, 0) is 31.0 Å². The van der Waals surface area contributed by atoms with Crippen molar-refractivity contribution in [3.05, 3.63) is 42.0 Å². The van der Waals surface area contributed by atoms with Crippen molar-refractivity contribution in [1.82, 2.24) is 9.97 Å². The molecule has 2 unspecified atom stereocenters. The molecule has 1 aromatic carbocycles. The number of carbonyl (C=O) groups excluding carboxylic acids is 1. The molecule has 10 heteroatoms. The van der Waals surface area contributed by atoms with Gasteiger partial charge in [-0.15, -0.1) is 0 Å². The van der Waals surface area contributed by atoms with Crippen LogP contribution in [0.3, 0.4) is 0 Å². The van der Waals surface area contributed by atoms with Crippen LogP contribution in [0, 0.1) is 5.82 Å². The van der Waals surface area contributed by atoms with Crippen LogP contribution < -0.4 is 22.1 Å². The Kier molecular flexibility index (Phi) is 5.17. The van der Waals surface area contributed by atoms with E-state index in [1.165, 1.54) is 24.4 Å². The van der Waals surface area contributed by atoms with Gasteiger partial charge in [-0.2, -0.15) is 0 Å². The van der Waals surface area contributed by atoms with E-state index in [4.69, 9.17) is 11.5 Å². The third kappa shape index (κ3) is 4.27. The molecule has 144 valence electrons. The summed E-state index contributed by atoms with van der Waals surface area (Å²) in [5.41, 5.74) is 11.1. The van der Waals surface area contributed by atoms with Crippen molar-refractivity contribution in [3.63, 3.8) is 0 Å². The van der Waals surface area contributed by atoms with Crippen LogP contribution in [-0.2, 0) is 0 Å². The summed E-state index contributed by atoms with van der Waals surface area (Å²) in [5, 5.41) is 5.61. The Balaban J connectivity index is 1.86.